The van der Waals surface area contributed by atoms with Gasteiger partial charge in [-0.1, -0.05) is 12.1 Å². The van der Waals surface area contributed by atoms with Crippen LogP contribution < -0.4 is 4.74 Å². The molecule has 0 aromatic heterocycles. The van der Waals surface area contributed by atoms with Gasteiger partial charge in [0.25, 0.3) is 0 Å². The molecule has 0 amide bonds. The first-order valence-corrected chi connectivity index (χ1v) is 6.47. The summed E-state index contributed by atoms with van der Waals surface area (Å²) in [5.41, 5.74) is 3.54. The number of ketones is 1. The van der Waals surface area contributed by atoms with Crippen molar-refractivity contribution >= 4 is 5.78 Å². The third kappa shape index (κ3) is 3.23. The lowest BCUT2D eigenvalue weighted by Crippen LogP contribution is -2.12. The molecule has 0 aliphatic heterocycles. The van der Waals surface area contributed by atoms with Crippen LogP contribution in [-0.2, 0) is 0 Å². The molecule has 0 bridgehead atoms. The second-order valence-corrected chi connectivity index (χ2v) is 4.92. The molecule has 0 radical (unpaired) electrons. The van der Waals surface area contributed by atoms with E-state index in [4.69, 9.17) is 4.74 Å². The smallest absolute Gasteiger partial charge is 0.200 e. The van der Waals surface area contributed by atoms with E-state index in [0.717, 1.165) is 11.1 Å². The molecular weight excluding hydrogens is 255 g/mol. The molecule has 2 nitrogen and oxygen atoms in total. The van der Waals surface area contributed by atoms with Crippen LogP contribution in [0.5, 0.6) is 5.75 Å². The number of rotatable bonds is 4. The zero-order valence-electron chi connectivity index (χ0n) is 11.9. The molecule has 0 aliphatic rings. The summed E-state index contributed by atoms with van der Waals surface area (Å²) in [6.45, 7) is 5.67. The molecular formula is C17H17FO2. The van der Waals surface area contributed by atoms with Crippen LogP contribution in [0.15, 0.2) is 36.4 Å². The first kappa shape index (κ1) is 14.3. The Kier molecular flexibility index (Phi) is 4.18. The standard InChI is InChI=1S/C17H17FO2/c1-11-4-5-14(8-12(11)2)16(19)10-20-17-7-6-15(18)9-13(17)3/h4-9H,10H2,1-3H3. The second-order valence-electron chi connectivity index (χ2n) is 4.92. The molecule has 0 saturated heterocycles. The quantitative estimate of drug-likeness (QED) is 0.786. The number of hydrogen-bond donors (Lipinski definition) is 0. The molecule has 0 spiro atoms. The Labute approximate surface area is 118 Å². The number of ether oxygens (including phenoxy) is 1. The molecule has 2 rings (SSSR count). The third-order valence-corrected chi connectivity index (χ3v) is 3.32. The molecule has 2 aromatic carbocycles. The SMILES string of the molecule is Cc1ccc(C(=O)COc2ccc(F)cc2C)cc1C. The van der Waals surface area contributed by atoms with Crippen molar-refractivity contribution in [3.05, 3.63) is 64.5 Å². The first-order chi connectivity index (χ1) is 9.47. The van der Waals surface area contributed by atoms with E-state index >= 15 is 0 Å². The van der Waals surface area contributed by atoms with Gasteiger partial charge in [0.15, 0.2) is 12.4 Å². The van der Waals surface area contributed by atoms with Gasteiger partial charge < -0.3 is 4.74 Å². The van der Waals surface area contributed by atoms with Crippen LogP contribution >= 0.6 is 0 Å². The van der Waals surface area contributed by atoms with Gasteiger partial charge in [0.1, 0.15) is 11.6 Å². The zero-order chi connectivity index (χ0) is 14.7. The van der Waals surface area contributed by atoms with Gasteiger partial charge in [-0.15, -0.1) is 0 Å². The van der Waals surface area contributed by atoms with Crippen LogP contribution in [0.4, 0.5) is 4.39 Å². The van der Waals surface area contributed by atoms with Gasteiger partial charge in [0.2, 0.25) is 0 Å². The van der Waals surface area contributed by atoms with Crippen LogP contribution in [-0.4, -0.2) is 12.4 Å². The molecule has 0 heterocycles. The fourth-order valence-corrected chi connectivity index (χ4v) is 1.92. The maximum Gasteiger partial charge on any atom is 0.200 e. The van der Waals surface area contributed by atoms with Crippen molar-refractivity contribution in [2.45, 2.75) is 20.8 Å². The van der Waals surface area contributed by atoms with Gasteiger partial charge in [-0.25, -0.2) is 4.39 Å². The molecule has 3 heteroatoms. The molecule has 0 N–H and O–H groups in total. The molecule has 0 atom stereocenters. The average Bonchev–Trinajstić information content (AvgIpc) is 2.40. The van der Waals surface area contributed by atoms with Gasteiger partial charge >= 0.3 is 0 Å². The average molecular weight is 272 g/mol. The monoisotopic (exact) mass is 272 g/mol. The van der Waals surface area contributed by atoms with E-state index in [2.05, 4.69) is 0 Å². The summed E-state index contributed by atoms with van der Waals surface area (Å²) < 4.78 is 18.4. The molecule has 104 valence electrons. The van der Waals surface area contributed by atoms with E-state index in [9.17, 15) is 9.18 Å². The molecule has 0 aliphatic carbocycles. The Morgan fingerprint density at radius 2 is 1.75 bits per heavy atom. The number of aryl methyl sites for hydroxylation is 3. The summed E-state index contributed by atoms with van der Waals surface area (Å²) in [6.07, 6.45) is 0. The molecule has 0 unspecified atom stereocenters. The lowest BCUT2D eigenvalue weighted by Gasteiger charge is -2.09. The summed E-state index contributed by atoms with van der Waals surface area (Å²) in [5, 5.41) is 0. The molecule has 0 fully saturated rings. The van der Waals surface area contributed by atoms with Crippen LogP contribution in [0.1, 0.15) is 27.0 Å². The minimum atomic E-state index is -0.310. The fraction of sp³-hybridized carbons (Fsp3) is 0.235. The summed E-state index contributed by atoms with van der Waals surface area (Å²) in [6, 6.07) is 9.83. The van der Waals surface area contributed by atoms with Crippen LogP contribution in [0.25, 0.3) is 0 Å². The van der Waals surface area contributed by atoms with E-state index in [1.54, 1.807) is 19.1 Å². The summed E-state index contributed by atoms with van der Waals surface area (Å²) in [4.78, 5) is 12.1. The van der Waals surface area contributed by atoms with Crippen molar-refractivity contribution < 1.29 is 13.9 Å². The van der Waals surface area contributed by atoms with E-state index in [1.807, 2.05) is 26.0 Å². The van der Waals surface area contributed by atoms with Crippen molar-refractivity contribution in [2.24, 2.45) is 0 Å². The maximum absolute atomic E-state index is 13.0. The van der Waals surface area contributed by atoms with E-state index in [1.165, 1.54) is 12.1 Å². The van der Waals surface area contributed by atoms with Crippen molar-refractivity contribution in [3.63, 3.8) is 0 Å². The highest BCUT2D eigenvalue weighted by atomic mass is 19.1. The van der Waals surface area contributed by atoms with Gasteiger partial charge in [0, 0.05) is 5.56 Å². The van der Waals surface area contributed by atoms with Crippen molar-refractivity contribution in [2.75, 3.05) is 6.61 Å². The highest BCUT2D eigenvalue weighted by Crippen LogP contribution is 2.19. The Bertz CT molecular complexity index is 647. The number of Topliss-reactive ketones (excluding diaryl/α,β-unsaturated/α-hetero) is 1. The topological polar surface area (TPSA) is 26.3 Å². The summed E-state index contributed by atoms with van der Waals surface area (Å²) in [5.74, 6) is 0.135. The lowest BCUT2D eigenvalue weighted by molar-refractivity contribution is 0.0921. The van der Waals surface area contributed by atoms with Gasteiger partial charge in [-0.2, -0.15) is 0 Å². The zero-order valence-corrected chi connectivity index (χ0v) is 11.9. The van der Waals surface area contributed by atoms with Gasteiger partial charge in [0.05, 0.1) is 0 Å². The predicted molar refractivity (Wildman–Crippen MR) is 76.9 cm³/mol. The largest absolute Gasteiger partial charge is 0.485 e. The van der Waals surface area contributed by atoms with Crippen molar-refractivity contribution in [1.82, 2.24) is 0 Å². The van der Waals surface area contributed by atoms with E-state index < -0.39 is 0 Å². The minimum absolute atomic E-state index is 0.0467. The Morgan fingerprint density at radius 1 is 1.00 bits per heavy atom. The number of halogens is 1. The minimum Gasteiger partial charge on any atom is -0.485 e. The van der Waals surface area contributed by atoms with Crippen LogP contribution in [0.2, 0.25) is 0 Å². The highest BCUT2D eigenvalue weighted by molar-refractivity contribution is 5.97. The Hall–Kier alpha value is -2.16. The van der Waals surface area contributed by atoms with E-state index in [0.29, 0.717) is 16.9 Å². The number of carbonyl (C=O) groups excluding carboxylic acids is 1. The molecule has 0 saturated carbocycles. The fourth-order valence-electron chi connectivity index (χ4n) is 1.92. The Balaban J connectivity index is 2.06. The van der Waals surface area contributed by atoms with Crippen LogP contribution in [0.3, 0.4) is 0 Å². The number of carbonyl (C=O) groups is 1. The third-order valence-electron chi connectivity index (χ3n) is 3.32. The maximum atomic E-state index is 13.0. The summed E-state index contributed by atoms with van der Waals surface area (Å²) >= 11 is 0. The van der Waals surface area contributed by atoms with Crippen LogP contribution in [0, 0.1) is 26.6 Å². The van der Waals surface area contributed by atoms with E-state index in [-0.39, 0.29) is 18.2 Å². The lowest BCUT2D eigenvalue weighted by atomic mass is 10.0. The number of hydrogen-bond acceptors (Lipinski definition) is 2. The molecule has 20 heavy (non-hydrogen) atoms. The van der Waals surface area contributed by atoms with Gasteiger partial charge in [-0.05, 0) is 61.7 Å². The second kappa shape index (κ2) is 5.87. The summed E-state index contributed by atoms with van der Waals surface area (Å²) in [7, 11) is 0. The normalized spacial score (nSPS) is 10.4. The first-order valence-electron chi connectivity index (χ1n) is 6.47. The molecule has 2 aromatic rings. The van der Waals surface area contributed by atoms with Gasteiger partial charge in [-0.3, -0.25) is 4.79 Å². The Morgan fingerprint density at radius 3 is 2.40 bits per heavy atom. The highest BCUT2D eigenvalue weighted by Gasteiger charge is 2.09. The predicted octanol–water partition coefficient (Wildman–Crippen LogP) is 4.01. The van der Waals surface area contributed by atoms with Crippen molar-refractivity contribution in [1.29, 1.82) is 0 Å². The number of benzene rings is 2. The van der Waals surface area contributed by atoms with Crippen molar-refractivity contribution in [3.8, 4) is 5.75 Å².